The predicted molar refractivity (Wildman–Crippen MR) is 77.0 cm³/mol. The molecule has 94 valence electrons. The van der Waals surface area contributed by atoms with E-state index in [1.807, 2.05) is 48.7 Å². The largest absolute Gasteiger partial charge is 0.349 e. The van der Waals surface area contributed by atoms with Gasteiger partial charge in [-0.05, 0) is 30.4 Å². The Hall–Kier alpha value is -1.61. The first-order valence-electron chi connectivity index (χ1n) is 6.16. The number of nitrogens with one attached hydrogen (secondary N) is 1. The fourth-order valence-electron chi connectivity index (χ4n) is 1.72. The van der Waals surface area contributed by atoms with E-state index in [1.165, 1.54) is 11.3 Å². The van der Waals surface area contributed by atoms with Crippen LogP contribution in [0.1, 0.15) is 29.9 Å². The van der Waals surface area contributed by atoms with Crippen molar-refractivity contribution in [1.29, 1.82) is 0 Å². The molecular weight excluding hydrogens is 242 g/mol. The fraction of sp³-hybridized carbons (Fsp3) is 0.267. The molecule has 18 heavy (non-hydrogen) atoms. The minimum absolute atomic E-state index is 0.0261. The molecule has 0 aliphatic carbocycles. The number of carbonyl (C=O) groups is 1. The van der Waals surface area contributed by atoms with Gasteiger partial charge in [-0.2, -0.15) is 0 Å². The third-order valence-electron chi connectivity index (χ3n) is 2.95. The second kappa shape index (κ2) is 5.83. The Morgan fingerprint density at radius 1 is 1.28 bits per heavy atom. The van der Waals surface area contributed by atoms with E-state index in [1.54, 1.807) is 0 Å². The van der Waals surface area contributed by atoms with E-state index < -0.39 is 0 Å². The highest BCUT2D eigenvalue weighted by Gasteiger charge is 2.15. The lowest BCUT2D eigenvalue weighted by atomic mass is 10.1. The summed E-state index contributed by atoms with van der Waals surface area (Å²) < 4.78 is 0. The van der Waals surface area contributed by atoms with Crippen LogP contribution in [0.15, 0.2) is 41.8 Å². The topological polar surface area (TPSA) is 29.1 Å². The third kappa shape index (κ3) is 2.79. The maximum absolute atomic E-state index is 12.2. The van der Waals surface area contributed by atoms with Crippen LogP contribution in [-0.4, -0.2) is 11.9 Å². The first-order valence-corrected chi connectivity index (χ1v) is 7.04. The molecule has 1 heterocycles. The van der Waals surface area contributed by atoms with E-state index in [0.29, 0.717) is 0 Å². The van der Waals surface area contributed by atoms with Crippen molar-refractivity contribution in [1.82, 2.24) is 5.32 Å². The first-order chi connectivity index (χ1) is 8.72. The molecule has 2 rings (SSSR count). The van der Waals surface area contributed by atoms with Gasteiger partial charge >= 0.3 is 0 Å². The van der Waals surface area contributed by atoms with Crippen molar-refractivity contribution in [3.8, 4) is 11.1 Å². The molecule has 2 nitrogen and oxygen atoms in total. The van der Waals surface area contributed by atoms with E-state index in [2.05, 4.69) is 12.2 Å². The van der Waals surface area contributed by atoms with Crippen LogP contribution in [0.3, 0.4) is 0 Å². The van der Waals surface area contributed by atoms with Crippen LogP contribution < -0.4 is 5.32 Å². The average Bonchev–Trinajstić information content (AvgIpc) is 2.88. The highest BCUT2D eigenvalue weighted by atomic mass is 32.1. The monoisotopic (exact) mass is 259 g/mol. The normalized spacial score (nSPS) is 12.1. The van der Waals surface area contributed by atoms with Crippen molar-refractivity contribution in [2.45, 2.75) is 26.3 Å². The second-order valence-electron chi connectivity index (χ2n) is 4.31. The van der Waals surface area contributed by atoms with E-state index in [0.717, 1.165) is 22.4 Å². The Morgan fingerprint density at radius 3 is 2.67 bits per heavy atom. The number of hydrogen-bond donors (Lipinski definition) is 1. The van der Waals surface area contributed by atoms with E-state index >= 15 is 0 Å². The number of benzene rings is 1. The third-order valence-corrected chi connectivity index (χ3v) is 3.86. The molecule has 0 saturated carbocycles. The standard InChI is InChI=1S/C15H17NOS/c1-3-11(2)16-15(17)14-13(9-10-18-14)12-7-5-4-6-8-12/h4-11H,3H2,1-2H3,(H,16,17). The number of hydrogen-bond acceptors (Lipinski definition) is 2. The van der Waals surface area contributed by atoms with Gasteiger partial charge in [-0.3, -0.25) is 4.79 Å². The average molecular weight is 259 g/mol. The minimum Gasteiger partial charge on any atom is -0.349 e. The lowest BCUT2D eigenvalue weighted by Gasteiger charge is -2.11. The zero-order chi connectivity index (χ0) is 13.0. The lowest BCUT2D eigenvalue weighted by Crippen LogP contribution is -2.31. The number of carbonyl (C=O) groups excluding carboxylic acids is 1. The summed E-state index contributed by atoms with van der Waals surface area (Å²) in [5.74, 6) is 0.0261. The zero-order valence-electron chi connectivity index (χ0n) is 10.6. The number of rotatable bonds is 4. The molecule has 1 unspecified atom stereocenters. The van der Waals surface area contributed by atoms with Crippen LogP contribution >= 0.6 is 11.3 Å². The molecule has 2 aromatic rings. The molecule has 0 saturated heterocycles. The fourth-order valence-corrected chi connectivity index (χ4v) is 2.54. The van der Waals surface area contributed by atoms with Crippen molar-refractivity contribution < 1.29 is 4.79 Å². The summed E-state index contributed by atoms with van der Waals surface area (Å²) >= 11 is 1.49. The van der Waals surface area contributed by atoms with Gasteiger partial charge < -0.3 is 5.32 Å². The molecular formula is C15H17NOS. The van der Waals surface area contributed by atoms with Gasteiger partial charge in [0.2, 0.25) is 0 Å². The van der Waals surface area contributed by atoms with Gasteiger partial charge in [0.15, 0.2) is 0 Å². The smallest absolute Gasteiger partial charge is 0.262 e. The molecule has 1 amide bonds. The van der Waals surface area contributed by atoms with Gasteiger partial charge in [0, 0.05) is 11.6 Å². The van der Waals surface area contributed by atoms with Crippen LogP contribution in [0.4, 0.5) is 0 Å². The summed E-state index contributed by atoms with van der Waals surface area (Å²) in [6.45, 7) is 4.09. The van der Waals surface area contributed by atoms with E-state index in [9.17, 15) is 4.79 Å². The molecule has 0 bridgehead atoms. The predicted octanol–water partition coefficient (Wildman–Crippen LogP) is 3.94. The SMILES string of the molecule is CCC(C)NC(=O)c1sccc1-c1ccccc1. The van der Waals surface area contributed by atoms with Crippen molar-refractivity contribution in [3.05, 3.63) is 46.7 Å². The number of amides is 1. The van der Waals surface area contributed by atoms with Crippen LogP contribution in [0.5, 0.6) is 0 Å². The molecule has 0 radical (unpaired) electrons. The Morgan fingerprint density at radius 2 is 2.00 bits per heavy atom. The molecule has 1 aromatic heterocycles. The first kappa shape index (κ1) is 12.8. The van der Waals surface area contributed by atoms with Crippen LogP contribution in [0.2, 0.25) is 0 Å². The van der Waals surface area contributed by atoms with Gasteiger partial charge in [0.1, 0.15) is 0 Å². The quantitative estimate of drug-likeness (QED) is 0.885. The van der Waals surface area contributed by atoms with Crippen molar-refractivity contribution >= 4 is 17.2 Å². The summed E-state index contributed by atoms with van der Waals surface area (Å²) in [5, 5.41) is 4.98. The van der Waals surface area contributed by atoms with Crippen molar-refractivity contribution in [2.75, 3.05) is 0 Å². The molecule has 0 fully saturated rings. The Bertz CT molecular complexity index is 518. The van der Waals surface area contributed by atoms with Crippen molar-refractivity contribution in [2.24, 2.45) is 0 Å². The Kier molecular flexibility index (Phi) is 4.15. The van der Waals surface area contributed by atoms with Gasteiger partial charge in [-0.25, -0.2) is 0 Å². The Balaban J connectivity index is 2.26. The molecule has 3 heteroatoms. The summed E-state index contributed by atoms with van der Waals surface area (Å²) in [7, 11) is 0. The Labute approximate surface area is 112 Å². The highest BCUT2D eigenvalue weighted by molar-refractivity contribution is 7.12. The summed E-state index contributed by atoms with van der Waals surface area (Å²) in [6, 6.07) is 12.2. The van der Waals surface area contributed by atoms with Crippen LogP contribution in [0, 0.1) is 0 Å². The summed E-state index contributed by atoms with van der Waals surface area (Å²) in [4.78, 5) is 13.0. The number of thiophene rings is 1. The lowest BCUT2D eigenvalue weighted by molar-refractivity contribution is 0.0944. The highest BCUT2D eigenvalue weighted by Crippen LogP contribution is 2.28. The maximum Gasteiger partial charge on any atom is 0.262 e. The van der Waals surface area contributed by atoms with Crippen LogP contribution in [-0.2, 0) is 0 Å². The maximum atomic E-state index is 12.2. The minimum atomic E-state index is 0.0261. The summed E-state index contributed by atoms with van der Waals surface area (Å²) in [6.07, 6.45) is 0.942. The van der Waals surface area contributed by atoms with Gasteiger partial charge in [0.05, 0.1) is 4.88 Å². The second-order valence-corrected chi connectivity index (χ2v) is 5.23. The van der Waals surface area contributed by atoms with Crippen molar-refractivity contribution in [3.63, 3.8) is 0 Å². The van der Waals surface area contributed by atoms with Gasteiger partial charge in [-0.15, -0.1) is 11.3 Å². The van der Waals surface area contributed by atoms with Gasteiger partial charge in [0.25, 0.3) is 5.91 Å². The molecule has 1 atom stereocenters. The van der Waals surface area contributed by atoms with E-state index in [4.69, 9.17) is 0 Å². The molecule has 0 spiro atoms. The van der Waals surface area contributed by atoms with E-state index in [-0.39, 0.29) is 11.9 Å². The summed E-state index contributed by atoms with van der Waals surface area (Å²) in [5.41, 5.74) is 2.11. The zero-order valence-corrected chi connectivity index (χ0v) is 11.5. The molecule has 1 aromatic carbocycles. The molecule has 1 N–H and O–H groups in total. The molecule has 0 aliphatic rings. The van der Waals surface area contributed by atoms with Gasteiger partial charge in [-0.1, -0.05) is 37.3 Å². The molecule has 0 aliphatic heterocycles. The van der Waals surface area contributed by atoms with Crippen LogP contribution in [0.25, 0.3) is 11.1 Å².